The molecule has 0 unspecified atom stereocenters. The van der Waals surface area contributed by atoms with Gasteiger partial charge in [0.15, 0.2) is 0 Å². The van der Waals surface area contributed by atoms with Crippen LogP contribution >= 0.6 is 15.9 Å². The molecule has 1 saturated heterocycles. The Morgan fingerprint density at radius 3 is 2.67 bits per heavy atom. The van der Waals surface area contributed by atoms with Crippen LogP contribution < -0.4 is 15.5 Å². The minimum Gasteiger partial charge on any atom is -0.326 e. The number of urea groups is 1. The Hall–Kier alpha value is -2.34. The van der Waals surface area contributed by atoms with E-state index >= 15 is 0 Å². The van der Waals surface area contributed by atoms with Crippen LogP contribution in [-0.4, -0.2) is 24.5 Å². The third kappa shape index (κ3) is 3.59. The highest BCUT2D eigenvalue weighted by Gasteiger charge is 2.33. The van der Waals surface area contributed by atoms with E-state index in [1.165, 1.54) is 0 Å². The molecule has 3 rings (SSSR count). The molecule has 3 amide bonds. The number of aryl methyl sites for hydroxylation is 1. The molecule has 1 fully saturated rings. The van der Waals surface area contributed by atoms with Crippen LogP contribution in [0.4, 0.5) is 16.2 Å². The lowest BCUT2D eigenvalue weighted by molar-refractivity contribution is -0.118. The summed E-state index contributed by atoms with van der Waals surface area (Å²) in [5.41, 5.74) is 2.58. The molecule has 0 spiro atoms. The molecule has 2 aromatic rings. The second-order valence-corrected chi connectivity index (χ2v) is 6.58. The minimum absolute atomic E-state index is 0.0802. The Balaban J connectivity index is 1.61. The third-order valence-electron chi connectivity index (χ3n) is 3.99. The van der Waals surface area contributed by atoms with Gasteiger partial charge in [0.1, 0.15) is 6.04 Å². The van der Waals surface area contributed by atoms with E-state index in [2.05, 4.69) is 26.6 Å². The Labute approximate surface area is 149 Å². The van der Waals surface area contributed by atoms with E-state index < -0.39 is 6.04 Å². The van der Waals surface area contributed by atoms with Crippen molar-refractivity contribution in [3.05, 3.63) is 58.6 Å². The van der Waals surface area contributed by atoms with E-state index in [1.54, 1.807) is 4.90 Å². The first-order valence-corrected chi connectivity index (χ1v) is 8.54. The molecule has 1 aliphatic rings. The van der Waals surface area contributed by atoms with Crippen molar-refractivity contribution < 1.29 is 9.59 Å². The van der Waals surface area contributed by atoms with Crippen molar-refractivity contribution in [1.29, 1.82) is 0 Å². The molecule has 2 N–H and O–H groups in total. The van der Waals surface area contributed by atoms with Gasteiger partial charge in [-0.15, -0.1) is 0 Å². The Morgan fingerprint density at radius 2 is 1.96 bits per heavy atom. The fraction of sp³-hybridized carbons (Fsp3) is 0.222. The predicted octanol–water partition coefficient (Wildman–Crippen LogP) is 3.68. The Bertz CT molecular complexity index is 764. The van der Waals surface area contributed by atoms with E-state index in [0.717, 1.165) is 15.7 Å². The fourth-order valence-electron chi connectivity index (χ4n) is 2.73. The van der Waals surface area contributed by atoms with E-state index in [4.69, 9.17) is 0 Å². The van der Waals surface area contributed by atoms with Gasteiger partial charge in [0.25, 0.3) is 0 Å². The number of para-hydroxylation sites is 1. The maximum Gasteiger partial charge on any atom is 0.319 e. The second-order valence-electron chi connectivity index (χ2n) is 5.73. The van der Waals surface area contributed by atoms with Crippen molar-refractivity contribution >= 4 is 39.2 Å². The summed E-state index contributed by atoms with van der Waals surface area (Å²) in [4.78, 5) is 26.3. The summed E-state index contributed by atoms with van der Waals surface area (Å²) >= 11 is 3.42. The van der Waals surface area contributed by atoms with Gasteiger partial charge in [-0.25, -0.2) is 4.79 Å². The van der Waals surface area contributed by atoms with E-state index in [0.29, 0.717) is 18.7 Å². The van der Waals surface area contributed by atoms with Crippen molar-refractivity contribution in [2.45, 2.75) is 19.4 Å². The molecule has 5 nitrogen and oxygen atoms in total. The van der Waals surface area contributed by atoms with Crippen molar-refractivity contribution in [2.24, 2.45) is 0 Å². The molecule has 2 aromatic carbocycles. The highest BCUT2D eigenvalue weighted by atomic mass is 79.9. The number of halogens is 1. The van der Waals surface area contributed by atoms with Crippen LogP contribution in [0.15, 0.2) is 53.0 Å². The van der Waals surface area contributed by atoms with Crippen LogP contribution in [0.5, 0.6) is 0 Å². The monoisotopic (exact) mass is 387 g/mol. The average molecular weight is 388 g/mol. The van der Waals surface area contributed by atoms with Gasteiger partial charge in [-0.3, -0.25) is 4.79 Å². The van der Waals surface area contributed by atoms with Crippen LogP contribution in [0.2, 0.25) is 0 Å². The molecular weight excluding hydrogens is 370 g/mol. The number of nitrogens with zero attached hydrogens (tertiary/aromatic N) is 1. The van der Waals surface area contributed by atoms with Crippen LogP contribution in [-0.2, 0) is 4.79 Å². The van der Waals surface area contributed by atoms with Gasteiger partial charge < -0.3 is 15.5 Å². The molecule has 0 bridgehead atoms. The molecule has 1 heterocycles. The van der Waals surface area contributed by atoms with Gasteiger partial charge in [0, 0.05) is 22.4 Å². The lowest BCUT2D eigenvalue weighted by atomic mass is 10.2. The summed E-state index contributed by atoms with van der Waals surface area (Å²) in [5.74, 6) is -0.0802. The standard InChI is InChI=1S/C18H18BrN3O2/c1-12-11-13(7-8-15(12)19)20-18(24)21-16-9-10-22(17(16)23)14-5-3-2-4-6-14/h2-8,11,16H,9-10H2,1H3,(H2,20,21,24)/t16-/m0/s1. The number of amides is 3. The third-order valence-corrected chi connectivity index (χ3v) is 4.88. The van der Waals surface area contributed by atoms with E-state index in [-0.39, 0.29) is 11.9 Å². The van der Waals surface area contributed by atoms with Crippen molar-refractivity contribution in [3.8, 4) is 0 Å². The molecular formula is C18H18BrN3O2. The number of anilines is 2. The number of nitrogens with one attached hydrogen (secondary N) is 2. The zero-order valence-electron chi connectivity index (χ0n) is 13.3. The number of benzene rings is 2. The van der Waals surface area contributed by atoms with Crippen LogP contribution in [0, 0.1) is 6.92 Å². The summed E-state index contributed by atoms with van der Waals surface area (Å²) in [6, 6.07) is 14.2. The summed E-state index contributed by atoms with van der Waals surface area (Å²) in [6.07, 6.45) is 0.598. The maximum atomic E-state index is 12.5. The van der Waals surface area contributed by atoms with E-state index in [9.17, 15) is 9.59 Å². The smallest absolute Gasteiger partial charge is 0.319 e. The van der Waals surface area contributed by atoms with Crippen molar-refractivity contribution in [1.82, 2.24) is 5.32 Å². The summed E-state index contributed by atoms with van der Waals surface area (Å²) < 4.78 is 0.984. The van der Waals surface area contributed by atoms with Gasteiger partial charge in [0.2, 0.25) is 5.91 Å². The average Bonchev–Trinajstić information content (AvgIpc) is 2.92. The first-order valence-electron chi connectivity index (χ1n) is 7.74. The fourth-order valence-corrected chi connectivity index (χ4v) is 2.97. The maximum absolute atomic E-state index is 12.5. The zero-order valence-corrected chi connectivity index (χ0v) is 14.8. The molecule has 0 radical (unpaired) electrons. The largest absolute Gasteiger partial charge is 0.326 e. The van der Waals surface area contributed by atoms with Crippen LogP contribution in [0.25, 0.3) is 0 Å². The number of carbonyl (C=O) groups is 2. The number of carbonyl (C=O) groups excluding carboxylic acids is 2. The van der Waals surface area contributed by atoms with Gasteiger partial charge >= 0.3 is 6.03 Å². The molecule has 0 saturated carbocycles. The number of hydrogen-bond donors (Lipinski definition) is 2. The predicted molar refractivity (Wildman–Crippen MR) is 98.2 cm³/mol. The normalized spacial score (nSPS) is 17.0. The molecule has 0 aliphatic carbocycles. The number of hydrogen-bond acceptors (Lipinski definition) is 2. The lowest BCUT2D eigenvalue weighted by Crippen LogP contribution is -2.43. The highest BCUT2D eigenvalue weighted by Crippen LogP contribution is 2.22. The first kappa shape index (κ1) is 16.5. The second kappa shape index (κ2) is 7.05. The minimum atomic E-state index is -0.498. The molecule has 6 heteroatoms. The Kier molecular flexibility index (Phi) is 4.85. The zero-order chi connectivity index (χ0) is 17.1. The number of rotatable bonds is 3. The summed E-state index contributed by atoms with van der Waals surface area (Å²) in [5, 5.41) is 5.53. The first-order chi connectivity index (χ1) is 11.5. The molecule has 124 valence electrons. The molecule has 0 aromatic heterocycles. The van der Waals surface area contributed by atoms with Crippen molar-refractivity contribution in [3.63, 3.8) is 0 Å². The van der Waals surface area contributed by atoms with Crippen LogP contribution in [0.1, 0.15) is 12.0 Å². The van der Waals surface area contributed by atoms with Gasteiger partial charge in [-0.2, -0.15) is 0 Å². The highest BCUT2D eigenvalue weighted by molar-refractivity contribution is 9.10. The SMILES string of the molecule is Cc1cc(NC(=O)N[C@H]2CCN(c3ccccc3)C2=O)ccc1Br. The lowest BCUT2D eigenvalue weighted by Gasteiger charge is -2.17. The summed E-state index contributed by atoms with van der Waals surface area (Å²) in [6.45, 7) is 2.55. The van der Waals surface area contributed by atoms with Gasteiger partial charge in [-0.05, 0) is 49.2 Å². The molecule has 1 aliphatic heterocycles. The van der Waals surface area contributed by atoms with Gasteiger partial charge in [-0.1, -0.05) is 34.1 Å². The molecule has 24 heavy (non-hydrogen) atoms. The van der Waals surface area contributed by atoms with Gasteiger partial charge in [0.05, 0.1) is 0 Å². The van der Waals surface area contributed by atoms with Crippen molar-refractivity contribution in [2.75, 3.05) is 16.8 Å². The topological polar surface area (TPSA) is 61.4 Å². The van der Waals surface area contributed by atoms with E-state index in [1.807, 2.05) is 55.5 Å². The molecule has 1 atom stereocenters. The quantitative estimate of drug-likeness (QED) is 0.843. The Morgan fingerprint density at radius 1 is 1.21 bits per heavy atom. The summed E-state index contributed by atoms with van der Waals surface area (Å²) in [7, 11) is 0. The van der Waals surface area contributed by atoms with Crippen LogP contribution in [0.3, 0.4) is 0 Å².